The predicted molar refractivity (Wildman–Crippen MR) is 58.1 cm³/mol. The molecule has 1 aromatic heterocycles. The van der Waals surface area contributed by atoms with Gasteiger partial charge >= 0.3 is 0 Å². The minimum atomic E-state index is -2.58. The van der Waals surface area contributed by atoms with Crippen LogP contribution in [0.5, 0.6) is 0 Å². The smallest absolute Gasteiger partial charge is 0.255 e. The van der Waals surface area contributed by atoms with Crippen LogP contribution in [-0.2, 0) is 0 Å². The van der Waals surface area contributed by atoms with Crippen LogP contribution in [0.3, 0.4) is 0 Å². The Hall–Kier alpha value is -0.680. The first kappa shape index (κ1) is 13.4. The van der Waals surface area contributed by atoms with Gasteiger partial charge < -0.3 is 4.90 Å². The summed E-state index contributed by atoms with van der Waals surface area (Å²) in [6.45, 7) is -0.518. The number of aromatic nitrogens is 1. The first-order valence-electron chi connectivity index (χ1n) is 4.44. The molecule has 0 atom stereocenters. The monoisotopic (exact) mass is 272 g/mol. The van der Waals surface area contributed by atoms with E-state index in [4.69, 9.17) is 23.2 Å². The van der Waals surface area contributed by atoms with Gasteiger partial charge in [0.15, 0.2) is 11.6 Å². The number of hydrogen-bond donors (Lipinski definition) is 0. The molecule has 0 saturated heterocycles. The summed E-state index contributed by atoms with van der Waals surface area (Å²) in [6, 6.07) is 1.02. The van der Waals surface area contributed by atoms with Crippen molar-refractivity contribution in [2.24, 2.45) is 0 Å². The van der Waals surface area contributed by atoms with Crippen LogP contribution >= 0.6 is 23.2 Å². The molecule has 0 aliphatic rings. The summed E-state index contributed by atoms with van der Waals surface area (Å²) >= 11 is 11.0. The van der Waals surface area contributed by atoms with E-state index in [1.54, 1.807) is 0 Å². The average molecular weight is 273 g/mol. The van der Waals surface area contributed by atoms with Gasteiger partial charge in [-0.15, -0.1) is 11.6 Å². The lowest BCUT2D eigenvalue weighted by Crippen LogP contribution is -2.32. The maximum atomic E-state index is 13.4. The van der Waals surface area contributed by atoms with Crippen LogP contribution in [0.2, 0.25) is 5.02 Å². The summed E-state index contributed by atoms with van der Waals surface area (Å²) < 4.78 is 37.9. The fraction of sp³-hybridized carbons (Fsp3) is 0.444. The van der Waals surface area contributed by atoms with Crippen molar-refractivity contribution < 1.29 is 13.2 Å². The Morgan fingerprint density at radius 3 is 2.62 bits per heavy atom. The molecule has 1 aromatic rings. The highest BCUT2D eigenvalue weighted by atomic mass is 35.5. The summed E-state index contributed by atoms with van der Waals surface area (Å²) in [5.41, 5.74) is 0. The zero-order valence-electron chi connectivity index (χ0n) is 8.14. The fourth-order valence-corrected chi connectivity index (χ4v) is 1.54. The van der Waals surface area contributed by atoms with E-state index in [0.717, 1.165) is 11.0 Å². The largest absolute Gasteiger partial charge is 0.347 e. The second-order valence-corrected chi connectivity index (χ2v) is 3.80. The van der Waals surface area contributed by atoms with Crippen LogP contribution in [0.4, 0.5) is 19.0 Å². The Morgan fingerprint density at radius 2 is 2.12 bits per heavy atom. The Morgan fingerprint density at radius 1 is 1.44 bits per heavy atom. The van der Waals surface area contributed by atoms with Gasteiger partial charge in [0.05, 0.1) is 11.6 Å². The third kappa shape index (κ3) is 3.72. The van der Waals surface area contributed by atoms with E-state index in [1.165, 1.54) is 6.20 Å². The van der Waals surface area contributed by atoms with E-state index in [9.17, 15) is 13.2 Å². The predicted octanol–water partition coefficient (Wildman–Crippen LogP) is 3.18. The second-order valence-electron chi connectivity index (χ2n) is 2.99. The lowest BCUT2D eigenvalue weighted by molar-refractivity contribution is 0.155. The molecule has 90 valence electrons. The van der Waals surface area contributed by atoms with Gasteiger partial charge in [0.1, 0.15) is 0 Å². The van der Waals surface area contributed by atoms with E-state index >= 15 is 0 Å². The van der Waals surface area contributed by atoms with Crippen molar-refractivity contribution in [2.75, 3.05) is 23.9 Å². The van der Waals surface area contributed by atoms with Crippen LogP contribution in [0.15, 0.2) is 12.3 Å². The first-order valence-corrected chi connectivity index (χ1v) is 5.36. The number of pyridine rings is 1. The topological polar surface area (TPSA) is 16.1 Å². The van der Waals surface area contributed by atoms with Crippen LogP contribution in [0.1, 0.15) is 0 Å². The number of hydrogen-bond acceptors (Lipinski definition) is 2. The number of nitrogens with zero attached hydrogens (tertiary/aromatic N) is 2. The lowest BCUT2D eigenvalue weighted by Gasteiger charge is -2.22. The van der Waals surface area contributed by atoms with Crippen molar-refractivity contribution in [2.45, 2.75) is 6.43 Å². The molecule has 0 radical (unpaired) electrons. The molecule has 0 bridgehead atoms. The molecular formula is C9H9Cl2F3N2. The summed E-state index contributed by atoms with van der Waals surface area (Å²) in [7, 11) is 0. The zero-order valence-corrected chi connectivity index (χ0v) is 9.65. The van der Waals surface area contributed by atoms with E-state index in [1.807, 2.05) is 0 Å². The van der Waals surface area contributed by atoms with E-state index in [2.05, 4.69) is 4.98 Å². The van der Waals surface area contributed by atoms with Crippen LogP contribution < -0.4 is 4.90 Å². The fourth-order valence-electron chi connectivity index (χ4n) is 1.19. The summed E-state index contributed by atoms with van der Waals surface area (Å²) in [6.07, 6.45) is -1.38. The molecule has 0 spiro atoms. The highest BCUT2D eigenvalue weighted by Gasteiger charge is 2.17. The Labute approximate surface area is 101 Å². The van der Waals surface area contributed by atoms with Crippen LogP contribution in [0, 0.1) is 5.82 Å². The number of alkyl halides is 3. The third-order valence-corrected chi connectivity index (χ3v) is 2.18. The molecule has 0 amide bonds. The van der Waals surface area contributed by atoms with Gasteiger partial charge in [-0.1, -0.05) is 11.6 Å². The van der Waals surface area contributed by atoms with Crippen molar-refractivity contribution in [3.63, 3.8) is 0 Å². The Balaban J connectivity index is 2.91. The molecule has 0 fully saturated rings. The summed E-state index contributed by atoms with van der Waals surface area (Å²) in [4.78, 5) is 4.76. The van der Waals surface area contributed by atoms with Crippen molar-refractivity contribution in [3.8, 4) is 0 Å². The van der Waals surface area contributed by atoms with Crippen LogP contribution in [0.25, 0.3) is 0 Å². The zero-order chi connectivity index (χ0) is 12.1. The van der Waals surface area contributed by atoms with Crippen molar-refractivity contribution >= 4 is 29.0 Å². The quantitative estimate of drug-likeness (QED) is 0.766. The standard InChI is InChI=1S/C9H9Cl2F3N2/c10-1-2-16(5-8(13)14)9-7(12)3-6(11)4-15-9/h3-4,8H,1-2,5H2. The SMILES string of the molecule is Fc1cc(Cl)cnc1N(CCCl)CC(F)F. The first-order chi connectivity index (χ1) is 7.54. The minimum absolute atomic E-state index is 0.0947. The number of anilines is 1. The van der Waals surface area contributed by atoms with Gasteiger partial charge in [0, 0.05) is 18.6 Å². The molecule has 0 saturated carbocycles. The van der Waals surface area contributed by atoms with E-state index in [0.29, 0.717) is 0 Å². The van der Waals surface area contributed by atoms with Gasteiger partial charge in [0.25, 0.3) is 6.43 Å². The average Bonchev–Trinajstić information content (AvgIpc) is 2.16. The Bertz CT molecular complexity index is 350. The molecule has 0 aliphatic carbocycles. The molecule has 0 N–H and O–H groups in total. The minimum Gasteiger partial charge on any atom is -0.347 e. The van der Waals surface area contributed by atoms with Gasteiger partial charge in [0.2, 0.25) is 0 Å². The normalized spacial score (nSPS) is 10.9. The van der Waals surface area contributed by atoms with Gasteiger partial charge in [-0.2, -0.15) is 0 Å². The second kappa shape index (κ2) is 6.15. The van der Waals surface area contributed by atoms with Crippen molar-refractivity contribution in [3.05, 3.63) is 23.1 Å². The number of rotatable bonds is 5. The maximum Gasteiger partial charge on any atom is 0.255 e. The third-order valence-electron chi connectivity index (χ3n) is 1.80. The highest BCUT2D eigenvalue weighted by Crippen LogP contribution is 2.20. The Kier molecular flexibility index (Phi) is 5.15. The van der Waals surface area contributed by atoms with Crippen molar-refractivity contribution in [1.82, 2.24) is 4.98 Å². The molecular weight excluding hydrogens is 264 g/mol. The summed E-state index contributed by atoms with van der Waals surface area (Å²) in [5, 5.41) is 0.115. The molecule has 7 heteroatoms. The van der Waals surface area contributed by atoms with E-state index in [-0.39, 0.29) is 23.3 Å². The molecule has 0 aromatic carbocycles. The number of halogens is 5. The lowest BCUT2D eigenvalue weighted by atomic mass is 10.4. The highest BCUT2D eigenvalue weighted by molar-refractivity contribution is 6.30. The van der Waals surface area contributed by atoms with Gasteiger partial charge in [-0.05, 0) is 6.07 Å². The molecule has 16 heavy (non-hydrogen) atoms. The maximum absolute atomic E-state index is 13.4. The molecule has 1 rings (SSSR count). The molecule has 1 heterocycles. The van der Waals surface area contributed by atoms with Crippen molar-refractivity contribution in [1.29, 1.82) is 0 Å². The molecule has 2 nitrogen and oxygen atoms in total. The summed E-state index contributed by atoms with van der Waals surface area (Å²) in [5.74, 6) is -0.792. The van der Waals surface area contributed by atoms with E-state index < -0.39 is 18.8 Å². The molecule has 0 unspecified atom stereocenters. The van der Waals surface area contributed by atoms with Crippen LogP contribution in [-0.4, -0.2) is 30.4 Å². The van der Waals surface area contributed by atoms with Gasteiger partial charge in [-0.3, -0.25) is 0 Å². The molecule has 0 aliphatic heterocycles. The van der Waals surface area contributed by atoms with Gasteiger partial charge in [-0.25, -0.2) is 18.2 Å².